The van der Waals surface area contributed by atoms with Crippen LogP contribution in [-0.4, -0.2) is 31.2 Å². The molecule has 5 aromatic heterocycles. The third-order valence-electron chi connectivity index (χ3n) is 5.15. The van der Waals surface area contributed by atoms with Crippen molar-refractivity contribution in [1.29, 1.82) is 0 Å². The summed E-state index contributed by atoms with van der Waals surface area (Å²) in [5.41, 5.74) is 3.00. The van der Waals surface area contributed by atoms with E-state index in [4.69, 9.17) is 18.2 Å². The van der Waals surface area contributed by atoms with Crippen molar-refractivity contribution in [1.82, 2.24) is 25.3 Å². The summed E-state index contributed by atoms with van der Waals surface area (Å²) in [4.78, 5) is 26.1. The molecular weight excluding hydrogens is 426 g/mol. The number of carbonyl (C=O) groups excluding carboxylic acids is 1. The molecular formula is C23H19N5O5. The van der Waals surface area contributed by atoms with E-state index < -0.39 is 12.1 Å². The van der Waals surface area contributed by atoms with Crippen LogP contribution < -0.4 is 0 Å². The van der Waals surface area contributed by atoms with Gasteiger partial charge in [0.2, 0.25) is 5.82 Å². The van der Waals surface area contributed by atoms with E-state index in [2.05, 4.69) is 25.3 Å². The van der Waals surface area contributed by atoms with Crippen molar-refractivity contribution in [3.05, 3.63) is 65.3 Å². The van der Waals surface area contributed by atoms with Gasteiger partial charge in [0.15, 0.2) is 6.10 Å². The Hall–Kier alpha value is -4.34. The number of ether oxygens (including phenoxy) is 1. The normalized spacial score (nSPS) is 12.2. The fraction of sp³-hybridized carbons (Fsp3) is 0.217. The molecule has 166 valence electrons. The highest BCUT2D eigenvalue weighted by molar-refractivity contribution is 6.04. The van der Waals surface area contributed by atoms with E-state index in [0.717, 1.165) is 11.3 Å². The van der Waals surface area contributed by atoms with Crippen LogP contribution in [0.2, 0.25) is 0 Å². The minimum Gasteiger partial charge on any atom is -0.466 e. The zero-order valence-corrected chi connectivity index (χ0v) is 18.3. The van der Waals surface area contributed by atoms with Crippen molar-refractivity contribution in [2.45, 2.75) is 33.8 Å². The summed E-state index contributed by atoms with van der Waals surface area (Å²) in [7, 11) is 0. The van der Waals surface area contributed by atoms with Crippen LogP contribution >= 0.6 is 0 Å². The smallest absolute Gasteiger partial charge is 0.339 e. The van der Waals surface area contributed by atoms with Crippen molar-refractivity contribution in [3.8, 4) is 22.6 Å². The third-order valence-corrected chi connectivity index (χ3v) is 5.15. The fourth-order valence-electron chi connectivity index (χ4n) is 3.57. The molecule has 0 aromatic carbocycles. The Bertz CT molecular complexity index is 1470. The summed E-state index contributed by atoms with van der Waals surface area (Å²) in [6.45, 7) is 7.06. The summed E-state index contributed by atoms with van der Waals surface area (Å²) in [6.07, 6.45) is 2.48. The molecule has 0 aliphatic carbocycles. The van der Waals surface area contributed by atoms with Crippen LogP contribution in [0.5, 0.6) is 0 Å². The minimum atomic E-state index is -0.792. The molecule has 0 saturated carbocycles. The van der Waals surface area contributed by atoms with Gasteiger partial charge in [-0.1, -0.05) is 10.3 Å². The summed E-state index contributed by atoms with van der Waals surface area (Å²) in [5, 5.41) is 8.39. The van der Waals surface area contributed by atoms with Crippen molar-refractivity contribution < 1.29 is 23.0 Å². The number of aromatic nitrogens is 5. The van der Waals surface area contributed by atoms with Crippen LogP contribution in [0.4, 0.5) is 0 Å². The number of hydrogen-bond donors (Lipinski definition) is 0. The fourth-order valence-corrected chi connectivity index (χ4v) is 3.57. The molecule has 0 spiro atoms. The van der Waals surface area contributed by atoms with Crippen LogP contribution in [0.25, 0.3) is 33.7 Å². The van der Waals surface area contributed by atoms with E-state index in [1.807, 2.05) is 26.0 Å². The maximum absolute atomic E-state index is 13.2. The lowest BCUT2D eigenvalue weighted by molar-refractivity contribution is 0.0267. The first-order valence-electron chi connectivity index (χ1n) is 10.2. The summed E-state index contributed by atoms with van der Waals surface area (Å²) >= 11 is 0. The van der Waals surface area contributed by atoms with Crippen LogP contribution in [-0.2, 0) is 4.74 Å². The van der Waals surface area contributed by atoms with E-state index in [1.165, 1.54) is 0 Å². The Morgan fingerprint density at radius 1 is 1.09 bits per heavy atom. The van der Waals surface area contributed by atoms with Gasteiger partial charge in [0.05, 0.1) is 22.3 Å². The van der Waals surface area contributed by atoms with Crippen LogP contribution in [0.1, 0.15) is 46.5 Å². The van der Waals surface area contributed by atoms with Crippen LogP contribution in [0, 0.1) is 20.8 Å². The Morgan fingerprint density at radius 3 is 2.67 bits per heavy atom. The molecule has 1 unspecified atom stereocenters. The lowest BCUT2D eigenvalue weighted by Gasteiger charge is -2.10. The summed E-state index contributed by atoms with van der Waals surface area (Å²) < 4.78 is 21.9. The van der Waals surface area contributed by atoms with Crippen LogP contribution in [0.15, 0.2) is 50.1 Å². The average molecular weight is 445 g/mol. The highest BCUT2D eigenvalue weighted by Gasteiger charge is 2.25. The molecule has 0 aliphatic rings. The van der Waals surface area contributed by atoms with Gasteiger partial charge >= 0.3 is 5.97 Å². The Morgan fingerprint density at radius 2 is 1.94 bits per heavy atom. The monoisotopic (exact) mass is 445 g/mol. The number of furan rings is 1. The predicted molar refractivity (Wildman–Crippen MR) is 115 cm³/mol. The van der Waals surface area contributed by atoms with Crippen molar-refractivity contribution in [2.24, 2.45) is 0 Å². The SMILES string of the molecule is Cc1cc(-c2cc(C(=O)OC(C)c3nc(-c4cccnc4)no3)c3c(C)noc3n2)c(C)o1. The number of rotatable bonds is 5. The zero-order valence-electron chi connectivity index (χ0n) is 18.3. The van der Waals surface area contributed by atoms with Gasteiger partial charge in [0.1, 0.15) is 11.5 Å². The highest BCUT2D eigenvalue weighted by Crippen LogP contribution is 2.31. The maximum Gasteiger partial charge on any atom is 0.339 e. The number of esters is 1. The molecule has 1 atom stereocenters. The molecule has 0 N–H and O–H groups in total. The van der Waals surface area contributed by atoms with Gasteiger partial charge in [-0.3, -0.25) is 4.98 Å². The van der Waals surface area contributed by atoms with E-state index in [-0.39, 0.29) is 17.2 Å². The number of carbonyl (C=O) groups is 1. The predicted octanol–water partition coefficient (Wildman–Crippen LogP) is 4.77. The molecule has 10 nitrogen and oxygen atoms in total. The molecule has 5 rings (SSSR count). The van der Waals surface area contributed by atoms with Crippen LogP contribution in [0.3, 0.4) is 0 Å². The van der Waals surface area contributed by atoms with E-state index >= 15 is 0 Å². The largest absolute Gasteiger partial charge is 0.466 e. The molecule has 10 heteroatoms. The Balaban J connectivity index is 1.47. The molecule has 0 radical (unpaired) electrons. The van der Waals surface area contributed by atoms with Gasteiger partial charge in [0, 0.05) is 23.5 Å². The van der Waals surface area contributed by atoms with E-state index in [9.17, 15) is 4.79 Å². The average Bonchev–Trinajstić information content (AvgIpc) is 3.52. The van der Waals surface area contributed by atoms with Crippen molar-refractivity contribution >= 4 is 17.1 Å². The first-order valence-corrected chi connectivity index (χ1v) is 10.2. The molecule has 0 amide bonds. The maximum atomic E-state index is 13.2. The van der Waals surface area contributed by atoms with Gasteiger partial charge in [-0.2, -0.15) is 4.98 Å². The Labute approximate surface area is 187 Å². The number of fused-ring (bicyclic) bond motifs is 1. The summed E-state index contributed by atoms with van der Waals surface area (Å²) in [6, 6.07) is 7.07. The third kappa shape index (κ3) is 3.75. The van der Waals surface area contributed by atoms with Crippen molar-refractivity contribution in [2.75, 3.05) is 0 Å². The van der Waals surface area contributed by atoms with E-state index in [0.29, 0.717) is 33.9 Å². The second-order valence-corrected chi connectivity index (χ2v) is 7.58. The molecule has 0 fully saturated rings. The zero-order chi connectivity index (χ0) is 23.1. The first kappa shape index (κ1) is 20.6. The minimum absolute atomic E-state index is 0.163. The Kier molecular flexibility index (Phi) is 4.97. The molecule has 5 heterocycles. The number of pyridine rings is 2. The standard InChI is InChI=1S/C23H19N5O5/c1-11-8-16(13(3)30-11)18-9-17(19-12(2)27-33-22(19)25-18)23(29)31-14(4)21-26-20(28-32-21)15-6-5-7-24-10-15/h5-10,14H,1-4H3. The topological polar surface area (TPSA) is 130 Å². The summed E-state index contributed by atoms with van der Waals surface area (Å²) in [5.74, 6) is 1.33. The van der Waals surface area contributed by atoms with E-state index in [1.54, 1.807) is 38.4 Å². The quantitative estimate of drug-likeness (QED) is 0.349. The molecule has 0 aliphatic heterocycles. The second-order valence-electron chi connectivity index (χ2n) is 7.58. The van der Waals surface area contributed by atoms with Gasteiger partial charge in [0.25, 0.3) is 11.6 Å². The van der Waals surface area contributed by atoms with Gasteiger partial charge in [-0.25, -0.2) is 9.78 Å². The highest BCUT2D eigenvalue weighted by atomic mass is 16.6. The second kappa shape index (κ2) is 7.97. The molecule has 0 saturated heterocycles. The molecule has 5 aromatic rings. The lowest BCUT2D eigenvalue weighted by atomic mass is 10.1. The van der Waals surface area contributed by atoms with Gasteiger partial charge in [-0.05, 0) is 52.0 Å². The van der Waals surface area contributed by atoms with Gasteiger partial charge < -0.3 is 18.2 Å². The first-order chi connectivity index (χ1) is 15.9. The number of nitrogens with zero attached hydrogens (tertiary/aromatic N) is 5. The molecule has 33 heavy (non-hydrogen) atoms. The lowest BCUT2D eigenvalue weighted by Crippen LogP contribution is -2.11. The van der Waals surface area contributed by atoms with Gasteiger partial charge in [-0.15, -0.1) is 0 Å². The number of aryl methyl sites for hydroxylation is 3. The van der Waals surface area contributed by atoms with Crippen molar-refractivity contribution in [3.63, 3.8) is 0 Å². The molecule has 0 bridgehead atoms. The number of hydrogen-bond acceptors (Lipinski definition) is 10.